The minimum absolute atomic E-state index is 0.0335. The monoisotopic (exact) mass is 354 g/mol. The maximum atomic E-state index is 12.9. The molecule has 0 aliphatic carbocycles. The highest BCUT2D eigenvalue weighted by molar-refractivity contribution is 5.84. The quantitative estimate of drug-likeness (QED) is 0.822. The van der Waals surface area contributed by atoms with Crippen molar-refractivity contribution in [1.82, 2.24) is 9.80 Å². The highest BCUT2D eigenvalue weighted by Gasteiger charge is 2.40. The zero-order valence-corrected chi connectivity index (χ0v) is 15.1. The van der Waals surface area contributed by atoms with E-state index in [-0.39, 0.29) is 6.04 Å². The van der Waals surface area contributed by atoms with Gasteiger partial charge in [-0.25, -0.2) is 0 Å². The number of likely N-dealkylation sites (tertiary alicyclic amines) is 1. The zero-order valence-electron chi connectivity index (χ0n) is 15.1. The van der Waals surface area contributed by atoms with Crippen molar-refractivity contribution in [3.63, 3.8) is 0 Å². The van der Waals surface area contributed by atoms with Gasteiger partial charge in [0.15, 0.2) is 0 Å². The molecule has 0 spiro atoms. The van der Waals surface area contributed by atoms with E-state index >= 15 is 0 Å². The number of para-hydroxylation sites is 1. The summed E-state index contributed by atoms with van der Waals surface area (Å²) >= 11 is 0. The number of carbonyl (C=O) groups is 1. The second-order valence-electron chi connectivity index (χ2n) is 7.33. The molecule has 3 aliphatic rings. The lowest BCUT2D eigenvalue weighted by atomic mass is 10.1. The molecule has 3 fully saturated rings. The van der Waals surface area contributed by atoms with Gasteiger partial charge in [-0.15, -0.1) is 0 Å². The molecule has 1 amide bonds. The first kappa shape index (κ1) is 17.3. The molecule has 1 aromatic carbocycles. The molecule has 0 saturated carbocycles. The third-order valence-electron chi connectivity index (χ3n) is 5.96. The highest BCUT2D eigenvalue weighted by atomic mass is 16.5. The molecule has 1 unspecified atom stereocenters. The number of piperazine rings is 1. The lowest BCUT2D eigenvalue weighted by Crippen LogP contribution is -2.53. The standard InChI is InChI=1S/C20H26N4O2/c21-15-16-3-1-2-4-18(16)22-9-11-23(12-10-22)19-5-8-24(20(19)25)17-6-13-26-14-7-17/h1-4,17,19H,5-14H2. The summed E-state index contributed by atoms with van der Waals surface area (Å²) in [6.45, 7) is 5.90. The number of hydrogen-bond donors (Lipinski definition) is 0. The Morgan fingerprint density at radius 3 is 2.46 bits per heavy atom. The Hall–Kier alpha value is -2.10. The van der Waals surface area contributed by atoms with Gasteiger partial charge in [-0.3, -0.25) is 9.69 Å². The van der Waals surface area contributed by atoms with Crippen LogP contribution in [0.1, 0.15) is 24.8 Å². The summed E-state index contributed by atoms with van der Waals surface area (Å²) in [5.74, 6) is 0.308. The van der Waals surface area contributed by atoms with Gasteiger partial charge < -0.3 is 14.5 Å². The van der Waals surface area contributed by atoms with Crippen molar-refractivity contribution < 1.29 is 9.53 Å². The number of nitrogens with zero attached hydrogens (tertiary/aromatic N) is 4. The largest absolute Gasteiger partial charge is 0.381 e. The van der Waals surface area contributed by atoms with Crippen molar-refractivity contribution in [3.05, 3.63) is 29.8 Å². The molecule has 0 radical (unpaired) electrons. The van der Waals surface area contributed by atoms with Gasteiger partial charge in [-0.05, 0) is 31.4 Å². The number of carbonyl (C=O) groups excluding carboxylic acids is 1. The SMILES string of the molecule is N#Cc1ccccc1N1CCN(C2CCN(C3CCOCC3)C2=O)CC1. The molecule has 3 heterocycles. The van der Waals surface area contributed by atoms with E-state index in [1.807, 2.05) is 24.3 Å². The molecule has 6 heteroatoms. The van der Waals surface area contributed by atoms with Gasteiger partial charge in [0.2, 0.25) is 5.91 Å². The first-order chi connectivity index (χ1) is 12.8. The number of hydrogen-bond acceptors (Lipinski definition) is 5. The molecule has 1 atom stereocenters. The van der Waals surface area contributed by atoms with Crippen molar-refractivity contribution in [2.24, 2.45) is 0 Å². The fourth-order valence-corrected chi connectivity index (χ4v) is 4.50. The Morgan fingerprint density at radius 1 is 1.00 bits per heavy atom. The maximum absolute atomic E-state index is 12.9. The molecule has 4 rings (SSSR count). The first-order valence-corrected chi connectivity index (χ1v) is 9.64. The van der Waals surface area contributed by atoms with Gasteiger partial charge in [0.05, 0.1) is 17.3 Å². The number of ether oxygens (including phenoxy) is 1. The van der Waals surface area contributed by atoms with Crippen LogP contribution in [-0.2, 0) is 9.53 Å². The predicted molar refractivity (Wildman–Crippen MR) is 98.9 cm³/mol. The first-order valence-electron chi connectivity index (χ1n) is 9.64. The van der Waals surface area contributed by atoms with Crippen LogP contribution in [0.4, 0.5) is 5.69 Å². The van der Waals surface area contributed by atoms with Gasteiger partial charge in [0, 0.05) is 52.0 Å². The Bertz CT molecular complexity index is 687. The van der Waals surface area contributed by atoms with Crippen LogP contribution < -0.4 is 4.90 Å². The van der Waals surface area contributed by atoms with Gasteiger partial charge in [-0.1, -0.05) is 12.1 Å². The molecule has 0 aromatic heterocycles. The number of benzene rings is 1. The summed E-state index contributed by atoms with van der Waals surface area (Å²) < 4.78 is 5.43. The Morgan fingerprint density at radius 2 is 1.73 bits per heavy atom. The van der Waals surface area contributed by atoms with Crippen LogP contribution in [0.3, 0.4) is 0 Å². The van der Waals surface area contributed by atoms with Gasteiger partial charge in [0.25, 0.3) is 0 Å². The van der Waals surface area contributed by atoms with Crippen LogP contribution in [0.2, 0.25) is 0 Å². The van der Waals surface area contributed by atoms with E-state index in [4.69, 9.17) is 4.74 Å². The smallest absolute Gasteiger partial charge is 0.240 e. The summed E-state index contributed by atoms with van der Waals surface area (Å²) in [4.78, 5) is 19.7. The van der Waals surface area contributed by atoms with Crippen LogP contribution in [-0.4, -0.2) is 73.7 Å². The summed E-state index contributed by atoms with van der Waals surface area (Å²) in [6, 6.07) is 10.5. The molecule has 0 bridgehead atoms. The van der Waals surface area contributed by atoms with Crippen LogP contribution in [0.5, 0.6) is 0 Å². The number of nitriles is 1. The van der Waals surface area contributed by atoms with E-state index in [0.717, 1.165) is 76.5 Å². The molecule has 1 aromatic rings. The fraction of sp³-hybridized carbons (Fsp3) is 0.600. The molecule has 6 nitrogen and oxygen atoms in total. The van der Waals surface area contributed by atoms with Crippen LogP contribution >= 0.6 is 0 Å². The Balaban J connectivity index is 1.36. The Kier molecular flexibility index (Phi) is 5.09. The molecular formula is C20H26N4O2. The lowest BCUT2D eigenvalue weighted by Gasteiger charge is -2.39. The third-order valence-corrected chi connectivity index (χ3v) is 5.96. The van der Waals surface area contributed by atoms with E-state index in [2.05, 4.69) is 20.8 Å². The average Bonchev–Trinajstić information content (AvgIpc) is 3.10. The third kappa shape index (κ3) is 3.29. The Labute approximate surface area is 154 Å². The fourth-order valence-electron chi connectivity index (χ4n) is 4.50. The number of amides is 1. The van der Waals surface area contributed by atoms with Crippen LogP contribution in [0.25, 0.3) is 0 Å². The molecular weight excluding hydrogens is 328 g/mol. The van der Waals surface area contributed by atoms with E-state index < -0.39 is 0 Å². The lowest BCUT2D eigenvalue weighted by molar-refractivity contribution is -0.135. The molecule has 0 N–H and O–H groups in total. The zero-order chi connectivity index (χ0) is 17.9. The highest BCUT2D eigenvalue weighted by Crippen LogP contribution is 2.27. The van der Waals surface area contributed by atoms with E-state index in [1.54, 1.807) is 0 Å². The van der Waals surface area contributed by atoms with Crippen molar-refractivity contribution in [1.29, 1.82) is 5.26 Å². The molecule has 26 heavy (non-hydrogen) atoms. The van der Waals surface area contributed by atoms with Crippen molar-refractivity contribution in [3.8, 4) is 6.07 Å². The summed E-state index contributed by atoms with van der Waals surface area (Å²) in [5, 5.41) is 9.32. The molecule has 3 aliphatic heterocycles. The van der Waals surface area contributed by atoms with E-state index in [0.29, 0.717) is 11.9 Å². The molecule has 138 valence electrons. The normalized spacial score (nSPS) is 25.5. The van der Waals surface area contributed by atoms with Gasteiger partial charge in [0.1, 0.15) is 6.07 Å². The minimum Gasteiger partial charge on any atom is -0.381 e. The van der Waals surface area contributed by atoms with Gasteiger partial charge >= 0.3 is 0 Å². The van der Waals surface area contributed by atoms with Crippen LogP contribution in [0, 0.1) is 11.3 Å². The van der Waals surface area contributed by atoms with Crippen molar-refractivity contribution in [2.45, 2.75) is 31.3 Å². The number of rotatable bonds is 3. The number of anilines is 1. The second kappa shape index (κ2) is 7.65. The van der Waals surface area contributed by atoms with E-state index in [1.165, 1.54) is 0 Å². The second-order valence-corrected chi connectivity index (χ2v) is 7.33. The topological polar surface area (TPSA) is 59.8 Å². The van der Waals surface area contributed by atoms with Crippen LogP contribution in [0.15, 0.2) is 24.3 Å². The maximum Gasteiger partial charge on any atom is 0.240 e. The summed E-state index contributed by atoms with van der Waals surface area (Å²) in [5.41, 5.74) is 1.74. The minimum atomic E-state index is 0.0335. The average molecular weight is 354 g/mol. The predicted octanol–water partition coefficient (Wildman–Crippen LogP) is 1.46. The van der Waals surface area contributed by atoms with E-state index in [9.17, 15) is 10.1 Å². The molecule has 3 saturated heterocycles. The van der Waals surface area contributed by atoms with Gasteiger partial charge in [-0.2, -0.15) is 5.26 Å². The van der Waals surface area contributed by atoms with Crippen molar-refractivity contribution >= 4 is 11.6 Å². The summed E-state index contributed by atoms with van der Waals surface area (Å²) in [6.07, 6.45) is 2.87. The summed E-state index contributed by atoms with van der Waals surface area (Å²) in [7, 11) is 0. The van der Waals surface area contributed by atoms with Crippen molar-refractivity contribution in [2.75, 3.05) is 50.8 Å².